The first-order chi connectivity index (χ1) is 10.2. The Morgan fingerprint density at radius 3 is 2.52 bits per heavy atom. The van der Waals surface area contributed by atoms with Crippen molar-refractivity contribution in [3.05, 3.63) is 20.3 Å². The molecule has 1 aliphatic rings. The number of hydrogen-bond acceptors (Lipinski definition) is 2. The van der Waals surface area contributed by atoms with Crippen LogP contribution in [0.2, 0.25) is 0 Å². The smallest absolute Gasteiger partial charge is 0.0443 e. The van der Waals surface area contributed by atoms with Crippen LogP contribution in [-0.4, -0.2) is 6.54 Å². The van der Waals surface area contributed by atoms with Crippen LogP contribution in [-0.2, 0) is 0 Å². The summed E-state index contributed by atoms with van der Waals surface area (Å²) in [6, 6.07) is 2.91. The van der Waals surface area contributed by atoms with Crippen LogP contribution >= 0.6 is 27.3 Å². The monoisotopic (exact) mass is 371 g/mol. The van der Waals surface area contributed by atoms with Crippen LogP contribution in [0.3, 0.4) is 0 Å². The van der Waals surface area contributed by atoms with E-state index in [2.05, 4.69) is 48.1 Å². The van der Waals surface area contributed by atoms with E-state index >= 15 is 0 Å². The summed E-state index contributed by atoms with van der Waals surface area (Å²) < 4.78 is 1.28. The van der Waals surface area contributed by atoms with Gasteiger partial charge in [0.2, 0.25) is 0 Å². The summed E-state index contributed by atoms with van der Waals surface area (Å²) in [5.74, 6) is 1.83. The molecular formula is C18H30BrNS. The molecule has 0 bridgehead atoms. The molecule has 1 heterocycles. The number of halogens is 1. The molecule has 0 amide bonds. The predicted octanol–water partition coefficient (Wildman–Crippen LogP) is 6.47. The van der Waals surface area contributed by atoms with Gasteiger partial charge < -0.3 is 5.32 Å². The van der Waals surface area contributed by atoms with Crippen molar-refractivity contribution in [1.29, 1.82) is 0 Å². The number of rotatable bonds is 7. The second kappa shape index (κ2) is 8.69. The van der Waals surface area contributed by atoms with Crippen LogP contribution in [0.25, 0.3) is 0 Å². The molecule has 2 rings (SSSR count). The Morgan fingerprint density at radius 1 is 1.29 bits per heavy atom. The topological polar surface area (TPSA) is 12.0 Å². The van der Waals surface area contributed by atoms with E-state index in [1.807, 2.05) is 11.3 Å². The molecule has 1 nitrogen and oxygen atoms in total. The van der Waals surface area contributed by atoms with Crippen LogP contribution in [0.15, 0.2) is 10.5 Å². The molecular weight excluding hydrogens is 342 g/mol. The Balaban J connectivity index is 1.97. The minimum atomic E-state index is 0.567. The lowest BCUT2D eigenvalue weighted by Gasteiger charge is -2.34. The maximum absolute atomic E-state index is 3.76. The van der Waals surface area contributed by atoms with Gasteiger partial charge in [0.1, 0.15) is 0 Å². The van der Waals surface area contributed by atoms with Crippen molar-refractivity contribution in [2.75, 3.05) is 6.54 Å². The second-order valence-corrected chi connectivity index (χ2v) is 8.65. The first kappa shape index (κ1) is 17.5. The van der Waals surface area contributed by atoms with E-state index in [9.17, 15) is 0 Å². The molecule has 0 aliphatic heterocycles. The number of thiophene rings is 1. The Kier molecular flexibility index (Phi) is 7.24. The largest absolute Gasteiger partial charge is 0.309 e. The average molecular weight is 372 g/mol. The first-order valence-electron chi connectivity index (χ1n) is 8.64. The summed E-state index contributed by atoms with van der Waals surface area (Å²) in [6.45, 7) is 7.82. The highest BCUT2D eigenvalue weighted by Crippen LogP contribution is 2.41. The lowest BCUT2D eigenvalue weighted by molar-refractivity contribution is 0.216. The molecule has 1 aliphatic carbocycles. The first-order valence-corrected chi connectivity index (χ1v) is 10.3. The Labute approximate surface area is 143 Å². The zero-order valence-corrected chi connectivity index (χ0v) is 16.2. The molecule has 1 aromatic heterocycles. The Bertz CT molecular complexity index is 401. The third-order valence-electron chi connectivity index (χ3n) is 4.94. The minimum absolute atomic E-state index is 0.567. The Morgan fingerprint density at radius 2 is 2.00 bits per heavy atom. The van der Waals surface area contributed by atoms with E-state index in [0.29, 0.717) is 6.04 Å². The highest BCUT2D eigenvalue weighted by molar-refractivity contribution is 9.10. The van der Waals surface area contributed by atoms with Gasteiger partial charge in [-0.1, -0.05) is 46.0 Å². The van der Waals surface area contributed by atoms with E-state index in [4.69, 9.17) is 0 Å². The van der Waals surface area contributed by atoms with Gasteiger partial charge in [-0.05, 0) is 60.1 Å². The number of aryl methyl sites for hydroxylation is 1. The highest BCUT2D eigenvalue weighted by Gasteiger charge is 2.29. The van der Waals surface area contributed by atoms with E-state index in [-0.39, 0.29) is 0 Å². The molecule has 1 atom stereocenters. The standard InChI is InChI=1S/C18H30BrNS/c1-4-6-7-14-8-10-15(11-9-14)18(20-5-2)17-12-16(19)13(3)21-17/h12,14-15,18,20H,4-11H2,1-3H3. The number of hydrogen-bond donors (Lipinski definition) is 1. The van der Waals surface area contributed by atoms with Gasteiger partial charge in [-0.25, -0.2) is 0 Å². The summed E-state index contributed by atoms with van der Waals surface area (Å²) >= 11 is 5.64. The van der Waals surface area contributed by atoms with Crippen molar-refractivity contribution in [2.45, 2.75) is 71.8 Å². The minimum Gasteiger partial charge on any atom is -0.309 e. The maximum Gasteiger partial charge on any atom is 0.0443 e. The van der Waals surface area contributed by atoms with Crippen LogP contribution in [0.4, 0.5) is 0 Å². The summed E-state index contributed by atoms with van der Waals surface area (Å²) in [5, 5.41) is 3.76. The maximum atomic E-state index is 3.76. The van der Waals surface area contributed by atoms with Crippen molar-refractivity contribution in [1.82, 2.24) is 5.32 Å². The van der Waals surface area contributed by atoms with Crippen LogP contribution in [0.5, 0.6) is 0 Å². The fraction of sp³-hybridized carbons (Fsp3) is 0.778. The van der Waals surface area contributed by atoms with Crippen LogP contribution < -0.4 is 5.32 Å². The molecule has 120 valence electrons. The van der Waals surface area contributed by atoms with Gasteiger partial charge in [0.05, 0.1) is 0 Å². The van der Waals surface area contributed by atoms with Crippen LogP contribution in [0, 0.1) is 18.8 Å². The quantitative estimate of drug-likeness (QED) is 0.579. The molecule has 1 unspecified atom stereocenters. The molecule has 21 heavy (non-hydrogen) atoms. The zero-order valence-electron chi connectivity index (χ0n) is 13.8. The third kappa shape index (κ3) is 4.80. The molecule has 1 N–H and O–H groups in total. The molecule has 0 aromatic carbocycles. The van der Waals surface area contributed by atoms with E-state index in [1.54, 1.807) is 0 Å². The lowest BCUT2D eigenvalue weighted by atomic mass is 9.76. The molecule has 0 saturated heterocycles. The van der Waals surface area contributed by atoms with E-state index in [0.717, 1.165) is 18.4 Å². The summed E-state index contributed by atoms with van der Waals surface area (Å²) in [7, 11) is 0. The highest BCUT2D eigenvalue weighted by atomic mass is 79.9. The fourth-order valence-corrected chi connectivity index (χ4v) is 5.39. The average Bonchev–Trinajstić information content (AvgIpc) is 2.82. The predicted molar refractivity (Wildman–Crippen MR) is 98.1 cm³/mol. The molecule has 0 radical (unpaired) electrons. The molecule has 3 heteroatoms. The van der Waals surface area contributed by atoms with Crippen molar-refractivity contribution in [2.24, 2.45) is 11.8 Å². The Hall–Kier alpha value is 0.140. The molecule has 1 aromatic rings. The second-order valence-electron chi connectivity index (χ2n) is 6.51. The molecule has 1 fully saturated rings. The summed E-state index contributed by atoms with van der Waals surface area (Å²) in [6.07, 6.45) is 9.92. The van der Waals surface area contributed by atoms with Gasteiger partial charge >= 0.3 is 0 Å². The van der Waals surface area contributed by atoms with Gasteiger partial charge in [0.25, 0.3) is 0 Å². The normalized spacial score (nSPS) is 24.2. The van der Waals surface area contributed by atoms with Crippen molar-refractivity contribution < 1.29 is 0 Å². The van der Waals surface area contributed by atoms with Gasteiger partial charge in [-0.15, -0.1) is 11.3 Å². The van der Waals surface area contributed by atoms with Crippen molar-refractivity contribution in [3.8, 4) is 0 Å². The van der Waals surface area contributed by atoms with Gasteiger partial charge in [0, 0.05) is 20.3 Å². The van der Waals surface area contributed by atoms with Crippen molar-refractivity contribution >= 4 is 27.3 Å². The van der Waals surface area contributed by atoms with E-state index in [1.165, 1.54) is 59.2 Å². The zero-order chi connectivity index (χ0) is 15.2. The molecule has 0 spiro atoms. The van der Waals surface area contributed by atoms with Gasteiger partial charge in [0.15, 0.2) is 0 Å². The van der Waals surface area contributed by atoms with Crippen molar-refractivity contribution in [3.63, 3.8) is 0 Å². The number of nitrogens with one attached hydrogen (secondary N) is 1. The fourth-order valence-electron chi connectivity index (χ4n) is 3.66. The summed E-state index contributed by atoms with van der Waals surface area (Å²) in [4.78, 5) is 2.93. The van der Waals surface area contributed by atoms with Crippen LogP contribution in [0.1, 0.15) is 74.6 Å². The van der Waals surface area contributed by atoms with Gasteiger partial charge in [-0.2, -0.15) is 0 Å². The van der Waals surface area contributed by atoms with Gasteiger partial charge in [-0.3, -0.25) is 0 Å². The molecule has 1 saturated carbocycles. The number of unbranched alkanes of at least 4 members (excludes halogenated alkanes) is 1. The third-order valence-corrected chi connectivity index (χ3v) is 7.16. The lowest BCUT2D eigenvalue weighted by Crippen LogP contribution is -2.30. The SMILES string of the molecule is CCCCC1CCC(C(NCC)c2cc(Br)c(C)s2)CC1. The van der Waals surface area contributed by atoms with E-state index < -0.39 is 0 Å². The summed E-state index contributed by atoms with van der Waals surface area (Å²) in [5.41, 5.74) is 0.